The number of aliphatic carboxylic acids is 1. The van der Waals surface area contributed by atoms with Gasteiger partial charge >= 0.3 is 5.97 Å². The molecule has 0 saturated carbocycles. The van der Waals surface area contributed by atoms with E-state index in [4.69, 9.17) is 39.9 Å². The van der Waals surface area contributed by atoms with Gasteiger partial charge in [0.05, 0.1) is 31.3 Å². The van der Waals surface area contributed by atoms with Crippen molar-refractivity contribution >= 4 is 47.3 Å². The summed E-state index contributed by atoms with van der Waals surface area (Å²) < 4.78 is 38.3. The molecule has 7 aliphatic rings. The highest BCUT2D eigenvalue weighted by molar-refractivity contribution is 6.00. The molecule has 7 amide bonds. The Bertz CT molecular complexity index is 3920. The first-order valence-electron chi connectivity index (χ1n) is 31.4. The minimum atomic E-state index is -2.27. The van der Waals surface area contributed by atoms with Gasteiger partial charge in [0, 0.05) is 34.7 Å². The van der Waals surface area contributed by atoms with Crippen molar-refractivity contribution in [3.05, 3.63) is 119 Å². The summed E-state index contributed by atoms with van der Waals surface area (Å²) in [4.78, 5) is 116. The van der Waals surface area contributed by atoms with Crippen molar-refractivity contribution in [1.29, 1.82) is 0 Å². The number of hydrogen-bond acceptors (Lipinski definition) is 25. The first-order chi connectivity index (χ1) is 46.8. The molecule has 7 heterocycles. The number of aromatic hydroxyl groups is 3. The number of hydrogen-bond donors (Lipinski definition) is 19. The van der Waals surface area contributed by atoms with Crippen molar-refractivity contribution < 1.29 is 118 Å². The van der Waals surface area contributed by atoms with Crippen molar-refractivity contribution in [1.82, 2.24) is 37.2 Å². The molecule has 5 aromatic rings. The van der Waals surface area contributed by atoms with Crippen molar-refractivity contribution in [2.75, 3.05) is 13.7 Å². The Morgan fingerprint density at radius 3 is 1.89 bits per heavy atom. The number of phenols is 3. The van der Waals surface area contributed by atoms with E-state index < -0.39 is 226 Å². The highest BCUT2D eigenvalue weighted by Gasteiger charge is 2.51. The lowest BCUT2D eigenvalue weighted by molar-refractivity contribution is -0.333. The number of nitrogens with one attached hydrogen (secondary N) is 7. The molecule has 18 atom stereocenters. The molecule has 21 N–H and O–H groups in total. The number of ether oxygens (including phenoxy) is 6. The number of benzene rings is 5. The SMILES string of the molecule is CN[C@H](CC(C)C)C(=O)NC1C(=O)N[C@@H](CC(N)=O)C(=O)N[C@H]2C(=O)N[C@H]3C(=O)N[C@H](C(=O)NC(C(=O)O)c4cc(O)cc(O)c4-c4cc3ccc4O)[C@H](O)c3ccc(cc3)Oc3cc2cc(c3OC2OC(CO)C(O)C(O)C2OC2CC(C)(N)C(O)C(C)O2)Oc2ccc(cc2)[C@H]1O. The minimum Gasteiger partial charge on any atom is -0.508 e. The molecule has 11 bridgehead atoms. The van der Waals surface area contributed by atoms with Crippen molar-refractivity contribution in [2.45, 2.75) is 156 Å². The third kappa shape index (κ3) is 15.4. The summed E-state index contributed by atoms with van der Waals surface area (Å²) in [6.07, 6.45) is -17.9. The van der Waals surface area contributed by atoms with Crippen LogP contribution >= 0.6 is 0 Å². The highest BCUT2D eigenvalue weighted by Crippen LogP contribution is 2.48. The van der Waals surface area contributed by atoms with Crippen LogP contribution in [0.25, 0.3) is 11.1 Å². The molecule has 0 radical (unpaired) electrons. The molecular weight excluding hydrogens is 1300 g/mol. The highest BCUT2D eigenvalue weighted by atomic mass is 16.8. The predicted molar refractivity (Wildman–Crippen MR) is 339 cm³/mol. The van der Waals surface area contributed by atoms with E-state index in [0.29, 0.717) is 0 Å². The fraction of sp³-hybridized carbons (Fsp3) is 0.424. The number of nitrogens with two attached hydrogens (primary N) is 2. The van der Waals surface area contributed by atoms with Gasteiger partial charge in [0.1, 0.15) is 89.5 Å². The first-order valence-corrected chi connectivity index (χ1v) is 31.4. The standard InChI is InChI=1S/C66H77N9O24/c1-25(2)16-36(69-5)58(86)74-49-51(81)27-6-11-32(12-7-27)95-40-18-30-19-41(55(40)99-65-56(54(84)53(83)42(24-76)97-65)98-44-23-66(4,68)57(85)26(3)94-44)96-33-13-8-28(9-14-33)52(82)50-63(91)73-48(64(92)93)35-20-31(77)21-39(79)45(35)34-17-29(10-15-38(34)78)46(60(88)75-50)72-61(89)47(30)71-59(87)37(22-43(67)80)70-62(49)90/h6-15,17-21,25-26,36-37,42,44,46-54,56-57,65,69,76-79,81-85H,16,22-24,68H2,1-5H3,(H2,67,80)(H,70,90)(H,71,87)(H,72,89)(H,73,91)(H,74,86)(H,75,88)(H,92,93)/t26?,36-,37+,42?,44?,46-,47-,48?,49?,50+,51-,52-,53?,54?,56?,57?,65?,66?/m1/s1. The van der Waals surface area contributed by atoms with Crippen LogP contribution in [0.1, 0.15) is 105 Å². The Morgan fingerprint density at radius 1 is 0.707 bits per heavy atom. The van der Waals surface area contributed by atoms with E-state index in [9.17, 15) is 75.0 Å². The fourth-order valence-electron chi connectivity index (χ4n) is 12.4. The Balaban J connectivity index is 1.21. The van der Waals surface area contributed by atoms with Crippen LogP contribution in [0.3, 0.4) is 0 Å². The summed E-state index contributed by atoms with van der Waals surface area (Å²) in [5, 5.41) is 131. The number of carboxylic acid groups (broad SMARTS) is 1. The summed E-state index contributed by atoms with van der Waals surface area (Å²) in [6, 6.07) is 3.21. The molecule has 2 saturated heterocycles. The zero-order chi connectivity index (χ0) is 71.8. The summed E-state index contributed by atoms with van der Waals surface area (Å²) in [5.74, 6) is -14.8. The van der Waals surface area contributed by atoms with E-state index in [-0.39, 0.29) is 46.9 Å². The topological polar surface area (TPSA) is 530 Å². The van der Waals surface area contributed by atoms with E-state index in [1.54, 1.807) is 0 Å². The van der Waals surface area contributed by atoms with Gasteiger partial charge in [0.2, 0.25) is 53.4 Å². The number of carboxylic acids is 1. The second-order valence-electron chi connectivity index (χ2n) is 25.5. The molecule has 11 unspecified atom stereocenters. The largest absolute Gasteiger partial charge is 0.508 e. The fourth-order valence-corrected chi connectivity index (χ4v) is 12.4. The second-order valence-corrected chi connectivity index (χ2v) is 25.5. The number of fused-ring (bicyclic) bond motifs is 15. The molecule has 7 aliphatic heterocycles. The minimum absolute atomic E-state index is 0.0323. The van der Waals surface area contributed by atoms with Gasteiger partial charge in [0.25, 0.3) is 0 Å². The van der Waals surface area contributed by atoms with Gasteiger partial charge in [-0.2, -0.15) is 0 Å². The number of rotatable bonds is 13. The monoisotopic (exact) mass is 1380 g/mol. The Kier molecular flexibility index (Phi) is 21.3. The number of likely N-dealkylation sites (N-methyl/N-ethyl adjacent to an activating group) is 1. The zero-order valence-electron chi connectivity index (χ0n) is 53.7. The summed E-state index contributed by atoms with van der Waals surface area (Å²) in [5.41, 5.74) is 8.48. The maximum Gasteiger partial charge on any atom is 0.330 e. The number of primary amides is 1. The molecule has 12 rings (SSSR count). The molecule has 5 aromatic carbocycles. The second kappa shape index (κ2) is 29.3. The third-order valence-corrected chi connectivity index (χ3v) is 17.6. The Labute approximate surface area is 563 Å². The van der Waals surface area contributed by atoms with Gasteiger partial charge in [-0.1, -0.05) is 44.2 Å². The molecule has 0 spiro atoms. The summed E-state index contributed by atoms with van der Waals surface area (Å²) >= 11 is 0. The summed E-state index contributed by atoms with van der Waals surface area (Å²) in [6.45, 7) is 5.76. The van der Waals surface area contributed by atoms with Gasteiger partial charge in [-0.3, -0.25) is 33.6 Å². The van der Waals surface area contributed by atoms with Crippen molar-refractivity contribution in [2.24, 2.45) is 17.4 Å². The van der Waals surface area contributed by atoms with Crippen LogP contribution in [0, 0.1) is 5.92 Å². The average molecular weight is 1380 g/mol. The van der Waals surface area contributed by atoms with Gasteiger partial charge in [-0.15, -0.1) is 0 Å². The van der Waals surface area contributed by atoms with Gasteiger partial charge in [-0.25, -0.2) is 4.79 Å². The van der Waals surface area contributed by atoms with E-state index in [1.807, 2.05) is 13.8 Å². The summed E-state index contributed by atoms with van der Waals surface area (Å²) in [7, 11) is 1.49. The smallest absolute Gasteiger partial charge is 0.330 e. The normalized spacial score (nSPS) is 29.8. The molecule has 33 heteroatoms. The van der Waals surface area contributed by atoms with Crippen LogP contribution in [0.2, 0.25) is 0 Å². The number of phenolic OH excluding ortho intramolecular Hbond substituents is 3. The molecule has 99 heavy (non-hydrogen) atoms. The lowest BCUT2D eigenvalue weighted by Crippen LogP contribution is -2.64. The number of aliphatic hydroxyl groups excluding tert-OH is 6. The molecule has 0 aromatic heterocycles. The molecular formula is C66H77N9O24. The number of carbonyl (C=O) groups is 8. The van der Waals surface area contributed by atoms with Crippen LogP contribution < -0.4 is 62.9 Å². The number of carbonyl (C=O) groups excluding carboxylic acids is 7. The maximum atomic E-state index is 16.0. The van der Waals surface area contributed by atoms with Crippen molar-refractivity contribution in [3.63, 3.8) is 0 Å². The van der Waals surface area contributed by atoms with Crippen LogP contribution in [0.15, 0.2) is 91.0 Å². The van der Waals surface area contributed by atoms with E-state index in [2.05, 4.69) is 37.2 Å². The average Bonchev–Trinajstić information content (AvgIpc) is 0.772. The van der Waals surface area contributed by atoms with Gasteiger partial charge in [0.15, 0.2) is 29.9 Å². The van der Waals surface area contributed by atoms with Crippen molar-refractivity contribution in [3.8, 4) is 57.1 Å². The molecule has 0 aliphatic carbocycles. The maximum absolute atomic E-state index is 16.0. The van der Waals surface area contributed by atoms with Gasteiger partial charge < -0.3 is 128 Å². The zero-order valence-corrected chi connectivity index (χ0v) is 53.7. The van der Waals surface area contributed by atoms with Crippen LogP contribution in [0.5, 0.6) is 46.0 Å². The van der Waals surface area contributed by atoms with E-state index in [0.717, 1.165) is 42.5 Å². The van der Waals surface area contributed by atoms with E-state index in [1.165, 1.54) is 69.4 Å². The third-order valence-electron chi connectivity index (χ3n) is 17.6. The Hall–Kier alpha value is -9.78. The Morgan fingerprint density at radius 2 is 1.30 bits per heavy atom. The predicted octanol–water partition coefficient (Wildman–Crippen LogP) is -1.20. The molecule has 2 fully saturated rings. The lowest BCUT2D eigenvalue weighted by atomic mass is 9.86. The number of aliphatic hydroxyl groups is 6. The van der Waals surface area contributed by atoms with Crippen LogP contribution in [-0.4, -0.2) is 191 Å². The number of amides is 7. The first kappa shape index (κ1) is 72.0. The van der Waals surface area contributed by atoms with E-state index >= 15 is 14.4 Å². The van der Waals surface area contributed by atoms with Crippen LogP contribution in [-0.2, 0) is 52.6 Å². The van der Waals surface area contributed by atoms with Gasteiger partial charge in [-0.05, 0) is 110 Å². The molecule has 530 valence electrons. The lowest BCUT2D eigenvalue weighted by Gasteiger charge is -2.47. The molecule has 33 nitrogen and oxygen atoms in total. The quantitative estimate of drug-likeness (QED) is 0.0658. The van der Waals surface area contributed by atoms with Crippen LogP contribution in [0.4, 0.5) is 0 Å².